The Morgan fingerprint density at radius 2 is 2.00 bits per heavy atom. The maximum Gasteiger partial charge on any atom is 0.308 e. The summed E-state index contributed by atoms with van der Waals surface area (Å²) in [6.07, 6.45) is -0.441. The summed E-state index contributed by atoms with van der Waals surface area (Å²) in [6, 6.07) is 7.10. The van der Waals surface area contributed by atoms with Crippen LogP contribution in [0.15, 0.2) is 24.3 Å². The summed E-state index contributed by atoms with van der Waals surface area (Å²) in [5.41, 5.74) is 1.34. The lowest BCUT2D eigenvalue weighted by atomic mass is 10.1. The van der Waals surface area contributed by atoms with Gasteiger partial charge in [-0.1, -0.05) is 17.3 Å². The SMILES string of the molecule is O=C(O)CC(Cn1nnc2ccccc21)C(=O)O. The van der Waals surface area contributed by atoms with Crippen molar-refractivity contribution in [2.75, 3.05) is 0 Å². The third-order valence-corrected chi connectivity index (χ3v) is 2.58. The molecule has 0 aliphatic carbocycles. The summed E-state index contributed by atoms with van der Waals surface area (Å²) in [4.78, 5) is 21.6. The topological polar surface area (TPSA) is 105 Å². The fourth-order valence-corrected chi connectivity index (χ4v) is 1.70. The van der Waals surface area contributed by atoms with Gasteiger partial charge in [-0.15, -0.1) is 5.10 Å². The van der Waals surface area contributed by atoms with Crippen LogP contribution in [0.5, 0.6) is 0 Å². The van der Waals surface area contributed by atoms with Crippen molar-refractivity contribution in [1.82, 2.24) is 15.0 Å². The maximum absolute atomic E-state index is 11.0. The molecule has 1 aromatic carbocycles. The molecule has 0 fully saturated rings. The first-order chi connectivity index (χ1) is 8.58. The highest BCUT2D eigenvalue weighted by molar-refractivity contribution is 5.78. The quantitative estimate of drug-likeness (QED) is 0.804. The molecule has 7 heteroatoms. The summed E-state index contributed by atoms with van der Waals surface area (Å²) in [7, 11) is 0. The zero-order valence-corrected chi connectivity index (χ0v) is 9.35. The van der Waals surface area contributed by atoms with Crippen molar-refractivity contribution in [2.45, 2.75) is 13.0 Å². The Hall–Kier alpha value is -2.44. The van der Waals surface area contributed by atoms with Crippen LogP contribution in [-0.2, 0) is 16.1 Å². The predicted molar refractivity (Wildman–Crippen MR) is 60.9 cm³/mol. The molecule has 0 spiro atoms. The number of carboxylic acid groups (broad SMARTS) is 2. The van der Waals surface area contributed by atoms with Gasteiger partial charge >= 0.3 is 11.9 Å². The number of carboxylic acids is 2. The average Bonchev–Trinajstić information content (AvgIpc) is 2.71. The standard InChI is InChI=1S/C11H11N3O4/c15-10(16)5-7(11(17)18)6-14-9-4-2-1-3-8(9)12-13-14/h1-4,7H,5-6H2,(H,15,16)(H,17,18). The lowest BCUT2D eigenvalue weighted by Gasteiger charge is -2.09. The van der Waals surface area contributed by atoms with Crippen LogP contribution >= 0.6 is 0 Å². The Morgan fingerprint density at radius 3 is 2.67 bits per heavy atom. The van der Waals surface area contributed by atoms with E-state index in [2.05, 4.69) is 10.3 Å². The zero-order valence-electron chi connectivity index (χ0n) is 9.35. The highest BCUT2D eigenvalue weighted by Gasteiger charge is 2.22. The number of nitrogens with zero attached hydrogens (tertiary/aromatic N) is 3. The fourth-order valence-electron chi connectivity index (χ4n) is 1.70. The van der Waals surface area contributed by atoms with E-state index in [0.717, 1.165) is 0 Å². The van der Waals surface area contributed by atoms with Crippen LogP contribution in [0.3, 0.4) is 0 Å². The molecule has 0 saturated carbocycles. The lowest BCUT2D eigenvalue weighted by Crippen LogP contribution is -2.23. The van der Waals surface area contributed by atoms with Gasteiger partial charge in [0.05, 0.1) is 24.4 Å². The van der Waals surface area contributed by atoms with Crippen LogP contribution in [0.2, 0.25) is 0 Å². The van der Waals surface area contributed by atoms with E-state index < -0.39 is 24.3 Å². The Labute approximate surface area is 102 Å². The Balaban J connectivity index is 2.26. The van der Waals surface area contributed by atoms with Crippen molar-refractivity contribution < 1.29 is 19.8 Å². The van der Waals surface area contributed by atoms with Crippen LogP contribution in [0, 0.1) is 5.92 Å². The Kier molecular flexibility index (Phi) is 3.22. The third kappa shape index (κ3) is 2.45. The third-order valence-electron chi connectivity index (χ3n) is 2.58. The molecule has 1 heterocycles. The minimum absolute atomic E-state index is 0.0118. The molecule has 0 saturated heterocycles. The van der Waals surface area contributed by atoms with Gasteiger partial charge < -0.3 is 10.2 Å². The number of fused-ring (bicyclic) bond motifs is 1. The first kappa shape index (κ1) is 12.0. The Morgan fingerprint density at radius 1 is 1.28 bits per heavy atom. The van der Waals surface area contributed by atoms with Crippen molar-refractivity contribution in [2.24, 2.45) is 5.92 Å². The van der Waals surface area contributed by atoms with Crippen molar-refractivity contribution in [3.05, 3.63) is 24.3 Å². The largest absolute Gasteiger partial charge is 0.481 e. The summed E-state index contributed by atoms with van der Waals surface area (Å²) >= 11 is 0. The van der Waals surface area contributed by atoms with Gasteiger partial charge in [-0.05, 0) is 12.1 Å². The van der Waals surface area contributed by atoms with Crippen LogP contribution < -0.4 is 0 Å². The summed E-state index contributed by atoms with van der Waals surface area (Å²) in [6.45, 7) is -0.0118. The molecule has 2 N–H and O–H groups in total. The highest BCUT2D eigenvalue weighted by atomic mass is 16.4. The van der Waals surface area contributed by atoms with E-state index in [1.807, 2.05) is 0 Å². The minimum Gasteiger partial charge on any atom is -0.481 e. The van der Waals surface area contributed by atoms with E-state index in [4.69, 9.17) is 10.2 Å². The van der Waals surface area contributed by atoms with Crippen molar-refractivity contribution in [3.8, 4) is 0 Å². The summed E-state index contributed by atoms with van der Waals surface area (Å²) < 4.78 is 1.41. The first-order valence-electron chi connectivity index (χ1n) is 5.30. The normalized spacial score (nSPS) is 12.4. The van der Waals surface area contributed by atoms with Crippen LogP contribution in [0.1, 0.15) is 6.42 Å². The number of hydrogen-bond acceptors (Lipinski definition) is 4. The molecule has 7 nitrogen and oxygen atoms in total. The molecule has 0 aliphatic heterocycles. The van der Waals surface area contributed by atoms with Crippen LogP contribution in [0.4, 0.5) is 0 Å². The van der Waals surface area contributed by atoms with Gasteiger partial charge in [-0.2, -0.15) is 0 Å². The van der Waals surface area contributed by atoms with Crippen LogP contribution in [-0.4, -0.2) is 37.1 Å². The second-order valence-corrected chi connectivity index (χ2v) is 3.89. The Bertz CT molecular complexity index is 593. The average molecular weight is 249 g/mol. The van der Waals surface area contributed by atoms with E-state index in [9.17, 15) is 9.59 Å². The van der Waals surface area contributed by atoms with Gasteiger partial charge in [0.25, 0.3) is 0 Å². The van der Waals surface area contributed by atoms with Gasteiger partial charge in [-0.3, -0.25) is 9.59 Å². The monoisotopic (exact) mass is 249 g/mol. The van der Waals surface area contributed by atoms with E-state index in [0.29, 0.717) is 11.0 Å². The molecular formula is C11H11N3O4. The minimum atomic E-state index is -1.16. The molecule has 94 valence electrons. The molecule has 0 bridgehead atoms. The number of rotatable bonds is 5. The summed E-state index contributed by atoms with van der Waals surface area (Å²) in [5, 5.41) is 25.4. The molecule has 1 unspecified atom stereocenters. The zero-order chi connectivity index (χ0) is 13.1. The number of carbonyl (C=O) groups is 2. The molecule has 0 radical (unpaired) electrons. The maximum atomic E-state index is 11.0. The molecule has 1 atom stereocenters. The van der Waals surface area contributed by atoms with Gasteiger partial charge in [0.2, 0.25) is 0 Å². The molecular weight excluding hydrogens is 238 g/mol. The van der Waals surface area contributed by atoms with Gasteiger partial charge in [-0.25, -0.2) is 4.68 Å². The second-order valence-electron chi connectivity index (χ2n) is 3.89. The molecule has 1 aromatic heterocycles. The number of benzene rings is 1. The molecule has 2 rings (SSSR count). The van der Waals surface area contributed by atoms with Crippen molar-refractivity contribution >= 4 is 23.0 Å². The smallest absolute Gasteiger partial charge is 0.308 e. The van der Waals surface area contributed by atoms with Crippen molar-refractivity contribution in [3.63, 3.8) is 0 Å². The second kappa shape index (κ2) is 4.82. The molecule has 18 heavy (non-hydrogen) atoms. The number of aliphatic carboxylic acids is 2. The number of para-hydroxylation sites is 1. The lowest BCUT2D eigenvalue weighted by molar-refractivity contribution is -0.148. The van der Waals surface area contributed by atoms with E-state index >= 15 is 0 Å². The molecule has 2 aromatic rings. The van der Waals surface area contributed by atoms with Gasteiger partial charge in [0.1, 0.15) is 5.52 Å². The fraction of sp³-hybridized carbons (Fsp3) is 0.273. The summed E-state index contributed by atoms with van der Waals surface area (Å²) in [5.74, 6) is -3.32. The van der Waals surface area contributed by atoms with Gasteiger partial charge in [0.15, 0.2) is 0 Å². The number of hydrogen-bond donors (Lipinski definition) is 2. The first-order valence-corrected chi connectivity index (χ1v) is 5.30. The molecule has 0 amide bonds. The van der Waals surface area contributed by atoms with Crippen molar-refractivity contribution in [1.29, 1.82) is 0 Å². The number of aromatic nitrogens is 3. The van der Waals surface area contributed by atoms with E-state index in [-0.39, 0.29) is 6.54 Å². The predicted octanol–water partition coefficient (Wildman–Crippen LogP) is 0.607. The van der Waals surface area contributed by atoms with Gasteiger partial charge in [0, 0.05) is 0 Å². The van der Waals surface area contributed by atoms with E-state index in [1.165, 1.54) is 4.68 Å². The highest BCUT2D eigenvalue weighted by Crippen LogP contribution is 2.14. The molecule has 0 aliphatic rings. The van der Waals surface area contributed by atoms with Crippen LogP contribution in [0.25, 0.3) is 11.0 Å². The van der Waals surface area contributed by atoms with E-state index in [1.54, 1.807) is 24.3 Å².